The summed E-state index contributed by atoms with van der Waals surface area (Å²) in [5, 5.41) is 12.5. The van der Waals surface area contributed by atoms with Crippen LogP contribution in [0, 0.1) is 6.92 Å². The van der Waals surface area contributed by atoms with Crippen molar-refractivity contribution in [2.45, 2.75) is 6.92 Å². The third-order valence-electron chi connectivity index (χ3n) is 3.63. The van der Waals surface area contributed by atoms with Crippen LogP contribution in [0.2, 0.25) is 5.02 Å². The van der Waals surface area contributed by atoms with Crippen LogP contribution < -0.4 is 10.9 Å². The SMILES string of the molecule is Cc1c(Cl)c(O)c(C(=O)Nc2nc3ccccc3[nH]2)c(=O)n1C. The summed E-state index contributed by atoms with van der Waals surface area (Å²) in [4.78, 5) is 31.7. The number of hydrogen-bond acceptors (Lipinski definition) is 4. The second kappa shape index (κ2) is 5.44. The average Bonchev–Trinajstić information content (AvgIpc) is 2.93. The number of halogens is 1. The summed E-state index contributed by atoms with van der Waals surface area (Å²) in [5.41, 5.74) is 0.708. The maximum absolute atomic E-state index is 12.3. The molecule has 0 aliphatic heterocycles. The molecule has 0 bridgehead atoms. The Morgan fingerprint density at radius 2 is 2.09 bits per heavy atom. The number of hydrogen-bond donors (Lipinski definition) is 3. The molecule has 2 heterocycles. The van der Waals surface area contributed by atoms with Crippen LogP contribution >= 0.6 is 11.6 Å². The van der Waals surface area contributed by atoms with Crippen LogP contribution in [-0.2, 0) is 7.05 Å². The fourth-order valence-corrected chi connectivity index (χ4v) is 2.46. The van der Waals surface area contributed by atoms with Crippen molar-refractivity contribution in [1.82, 2.24) is 14.5 Å². The quantitative estimate of drug-likeness (QED) is 0.669. The van der Waals surface area contributed by atoms with Crippen molar-refractivity contribution in [3.8, 4) is 5.75 Å². The lowest BCUT2D eigenvalue weighted by Gasteiger charge is -2.11. The van der Waals surface area contributed by atoms with Crippen molar-refractivity contribution < 1.29 is 9.90 Å². The van der Waals surface area contributed by atoms with Crippen molar-refractivity contribution in [2.24, 2.45) is 7.05 Å². The van der Waals surface area contributed by atoms with Crippen LogP contribution in [0.15, 0.2) is 29.1 Å². The van der Waals surface area contributed by atoms with Crippen molar-refractivity contribution in [3.63, 3.8) is 0 Å². The van der Waals surface area contributed by atoms with Gasteiger partial charge in [-0.1, -0.05) is 23.7 Å². The first-order valence-corrected chi connectivity index (χ1v) is 7.12. The predicted octanol–water partition coefficient (Wildman–Crippen LogP) is 2.18. The normalized spacial score (nSPS) is 10.9. The van der Waals surface area contributed by atoms with E-state index in [9.17, 15) is 14.7 Å². The Kier molecular flexibility index (Phi) is 3.57. The minimum atomic E-state index is -0.788. The van der Waals surface area contributed by atoms with Gasteiger partial charge in [-0.25, -0.2) is 4.98 Å². The van der Waals surface area contributed by atoms with E-state index in [0.717, 1.165) is 5.52 Å². The number of imidazole rings is 1. The van der Waals surface area contributed by atoms with Gasteiger partial charge in [-0.05, 0) is 19.1 Å². The Bertz CT molecular complexity index is 957. The van der Waals surface area contributed by atoms with E-state index < -0.39 is 22.8 Å². The molecule has 118 valence electrons. The molecule has 1 amide bonds. The summed E-state index contributed by atoms with van der Waals surface area (Å²) in [6.45, 7) is 1.57. The number of rotatable bonds is 2. The maximum Gasteiger partial charge on any atom is 0.267 e. The highest BCUT2D eigenvalue weighted by molar-refractivity contribution is 6.33. The summed E-state index contributed by atoms with van der Waals surface area (Å²) in [7, 11) is 1.47. The number of anilines is 1. The zero-order chi connectivity index (χ0) is 16.7. The first kappa shape index (κ1) is 15.1. The molecule has 0 atom stereocenters. The van der Waals surface area contributed by atoms with E-state index >= 15 is 0 Å². The highest BCUT2D eigenvalue weighted by Gasteiger charge is 2.23. The highest BCUT2D eigenvalue weighted by Crippen LogP contribution is 2.28. The first-order chi connectivity index (χ1) is 10.9. The molecule has 3 aromatic rings. The van der Waals surface area contributed by atoms with E-state index in [-0.39, 0.29) is 11.0 Å². The first-order valence-electron chi connectivity index (χ1n) is 6.74. The van der Waals surface area contributed by atoms with Crippen LogP contribution in [-0.4, -0.2) is 25.5 Å². The summed E-state index contributed by atoms with van der Waals surface area (Å²) in [6, 6.07) is 7.22. The third-order valence-corrected chi connectivity index (χ3v) is 4.08. The summed E-state index contributed by atoms with van der Waals surface area (Å²) in [5.74, 6) is -1.15. The number of fused-ring (bicyclic) bond motifs is 1. The van der Waals surface area contributed by atoms with Gasteiger partial charge < -0.3 is 14.7 Å². The Balaban J connectivity index is 2.03. The number of carbonyl (C=O) groups excluding carboxylic acids is 1. The lowest BCUT2D eigenvalue weighted by molar-refractivity contribution is 0.102. The number of aromatic nitrogens is 3. The van der Waals surface area contributed by atoms with Crippen LogP contribution in [0.1, 0.15) is 16.1 Å². The molecule has 0 fully saturated rings. The smallest absolute Gasteiger partial charge is 0.267 e. The van der Waals surface area contributed by atoms with E-state index in [0.29, 0.717) is 11.2 Å². The average molecular weight is 333 g/mol. The van der Waals surface area contributed by atoms with Crippen LogP contribution in [0.4, 0.5) is 5.95 Å². The second-order valence-electron chi connectivity index (χ2n) is 5.04. The molecule has 8 heteroatoms. The van der Waals surface area contributed by atoms with Gasteiger partial charge in [-0.2, -0.15) is 0 Å². The van der Waals surface area contributed by atoms with Crippen molar-refractivity contribution in [2.75, 3.05) is 5.32 Å². The third kappa shape index (κ3) is 2.44. The van der Waals surface area contributed by atoms with E-state index in [1.807, 2.05) is 12.1 Å². The van der Waals surface area contributed by atoms with Gasteiger partial charge in [0, 0.05) is 12.7 Å². The molecular formula is C15H13ClN4O3. The number of aromatic hydroxyl groups is 1. The Morgan fingerprint density at radius 1 is 1.39 bits per heavy atom. The van der Waals surface area contributed by atoms with Gasteiger partial charge in [0.2, 0.25) is 5.95 Å². The molecule has 3 N–H and O–H groups in total. The van der Waals surface area contributed by atoms with E-state index in [4.69, 9.17) is 11.6 Å². The number of nitrogens with zero attached hydrogens (tertiary/aromatic N) is 2. The van der Waals surface area contributed by atoms with Gasteiger partial charge in [0.25, 0.3) is 11.5 Å². The number of pyridine rings is 1. The molecule has 3 rings (SSSR count). The molecule has 0 aliphatic rings. The summed E-state index contributed by atoms with van der Waals surface area (Å²) >= 11 is 5.96. The molecule has 0 radical (unpaired) electrons. The zero-order valence-corrected chi connectivity index (χ0v) is 13.1. The molecule has 0 aliphatic carbocycles. The van der Waals surface area contributed by atoms with Crippen molar-refractivity contribution in [3.05, 3.63) is 50.9 Å². The number of aromatic amines is 1. The Labute approximate surface area is 135 Å². The highest BCUT2D eigenvalue weighted by atomic mass is 35.5. The van der Waals surface area contributed by atoms with Crippen LogP contribution in [0.5, 0.6) is 5.75 Å². The standard InChI is InChI=1S/C15H13ClN4O3/c1-7-11(16)12(21)10(14(23)20(7)2)13(22)19-15-17-8-5-3-4-6-9(8)18-15/h3-6,21H,1-2H3,(H2,17,18,19,22). The number of nitrogens with one attached hydrogen (secondary N) is 2. The van der Waals surface area contributed by atoms with Gasteiger partial charge >= 0.3 is 0 Å². The molecule has 0 spiro atoms. The summed E-state index contributed by atoms with van der Waals surface area (Å²) in [6.07, 6.45) is 0. The zero-order valence-electron chi connectivity index (χ0n) is 12.3. The molecule has 23 heavy (non-hydrogen) atoms. The van der Waals surface area contributed by atoms with E-state index in [2.05, 4.69) is 15.3 Å². The van der Waals surface area contributed by atoms with Gasteiger partial charge in [0.15, 0.2) is 5.75 Å². The monoisotopic (exact) mass is 332 g/mol. The molecule has 2 aromatic heterocycles. The van der Waals surface area contributed by atoms with Gasteiger partial charge in [-0.15, -0.1) is 0 Å². The number of carbonyl (C=O) groups is 1. The number of amides is 1. The topological polar surface area (TPSA) is 100 Å². The van der Waals surface area contributed by atoms with Crippen LogP contribution in [0.25, 0.3) is 11.0 Å². The second-order valence-corrected chi connectivity index (χ2v) is 5.42. The molecule has 1 aromatic carbocycles. The van der Waals surface area contributed by atoms with Gasteiger partial charge in [-0.3, -0.25) is 14.9 Å². The lowest BCUT2D eigenvalue weighted by Crippen LogP contribution is -2.29. The lowest BCUT2D eigenvalue weighted by atomic mass is 10.2. The van der Waals surface area contributed by atoms with Crippen molar-refractivity contribution in [1.29, 1.82) is 0 Å². The molecule has 0 unspecified atom stereocenters. The largest absolute Gasteiger partial charge is 0.505 e. The Morgan fingerprint density at radius 3 is 2.78 bits per heavy atom. The predicted molar refractivity (Wildman–Crippen MR) is 87.1 cm³/mol. The molecule has 0 saturated heterocycles. The van der Waals surface area contributed by atoms with Gasteiger partial charge in [0.05, 0.1) is 11.0 Å². The molecule has 7 nitrogen and oxygen atoms in total. The number of para-hydroxylation sites is 2. The molecule has 0 saturated carbocycles. The van der Waals surface area contributed by atoms with Crippen LogP contribution in [0.3, 0.4) is 0 Å². The fraction of sp³-hybridized carbons (Fsp3) is 0.133. The summed E-state index contributed by atoms with van der Waals surface area (Å²) < 4.78 is 1.20. The maximum atomic E-state index is 12.3. The van der Waals surface area contributed by atoms with Crippen molar-refractivity contribution >= 4 is 34.5 Å². The Hall–Kier alpha value is -2.80. The van der Waals surface area contributed by atoms with E-state index in [1.54, 1.807) is 19.1 Å². The fourth-order valence-electron chi connectivity index (χ4n) is 2.24. The molecular weight excluding hydrogens is 320 g/mol. The minimum Gasteiger partial charge on any atom is -0.505 e. The van der Waals surface area contributed by atoms with Gasteiger partial charge in [0.1, 0.15) is 10.6 Å². The number of H-pyrrole nitrogens is 1. The van der Waals surface area contributed by atoms with E-state index in [1.165, 1.54) is 11.6 Å². The minimum absolute atomic E-state index is 0.0399. The number of benzene rings is 1.